The van der Waals surface area contributed by atoms with E-state index in [2.05, 4.69) is 4.72 Å². The van der Waals surface area contributed by atoms with Gasteiger partial charge in [0.05, 0.1) is 13.2 Å². The van der Waals surface area contributed by atoms with Gasteiger partial charge < -0.3 is 8.92 Å². The summed E-state index contributed by atoms with van der Waals surface area (Å²) in [6.45, 7) is 1.72. The van der Waals surface area contributed by atoms with Crippen molar-refractivity contribution in [1.82, 2.24) is 4.72 Å². The minimum absolute atomic E-state index is 0.122. The first-order valence-corrected chi connectivity index (χ1v) is 8.00. The van der Waals surface area contributed by atoms with Crippen LogP contribution in [0.4, 0.5) is 4.39 Å². The molecule has 0 aromatic heterocycles. The second kappa shape index (κ2) is 5.26. The van der Waals surface area contributed by atoms with Gasteiger partial charge in [-0.1, -0.05) is 24.3 Å². The van der Waals surface area contributed by atoms with E-state index in [1.54, 1.807) is 31.2 Å². The van der Waals surface area contributed by atoms with Crippen LogP contribution in [0.3, 0.4) is 0 Å². The van der Waals surface area contributed by atoms with Crippen LogP contribution in [0.25, 0.3) is 11.1 Å². The van der Waals surface area contributed by atoms with Gasteiger partial charge in [-0.3, -0.25) is 0 Å². The molecule has 0 bridgehead atoms. The molecule has 2 aromatic carbocycles. The molecule has 1 N–H and O–H groups in total. The zero-order valence-electron chi connectivity index (χ0n) is 12.0. The predicted octanol–water partition coefficient (Wildman–Crippen LogP) is 2.79. The minimum Gasteiger partial charge on any atom is -0.494 e. The number of ether oxygens (including phenoxy) is 1. The molecule has 5 nitrogen and oxygen atoms in total. The second-order valence-corrected chi connectivity index (χ2v) is 6.26. The van der Waals surface area contributed by atoms with E-state index in [1.165, 1.54) is 19.2 Å². The summed E-state index contributed by atoms with van der Waals surface area (Å²) in [7, 11) is -2.49. The molecule has 0 radical (unpaired) electrons. The van der Waals surface area contributed by atoms with Gasteiger partial charge >= 0.3 is 10.3 Å². The topological polar surface area (TPSA) is 64.6 Å². The Morgan fingerprint density at radius 3 is 2.73 bits per heavy atom. The highest BCUT2D eigenvalue weighted by atomic mass is 32.2. The van der Waals surface area contributed by atoms with Crippen molar-refractivity contribution >= 4 is 10.3 Å². The van der Waals surface area contributed by atoms with Crippen molar-refractivity contribution in [3.8, 4) is 22.6 Å². The van der Waals surface area contributed by atoms with E-state index >= 15 is 0 Å². The highest BCUT2D eigenvalue weighted by Crippen LogP contribution is 2.40. The maximum Gasteiger partial charge on any atom is 0.383 e. The fourth-order valence-corrected chi connectivity index (χ4v) is 3.48. The number of methoxy groups -OCH3 is 1. The Balaban J connectivity index is 2.17. The van der Waals surface area contributed by atoms with Gasteiger partial charge in [0.15, 0.2) is 17.3 Å². The molecule has 0 fully saturated rings. The summed E-state index contributed by atoms with van der Waals surface area (Å²) in [6, 6.07) is 9.24. The molecule has 0 spiro atoms. The normalized spacial score (nSPS) is 19.1. The van der Waals surface area contributed by atoms with Gasteiger partial charge in [-0.15, -0.1) is 0 Å². The summed E-state index contributed by atoms with van der Waals surface area (Å²) in [5.41, 5.74) is 1.72. The lowest BCUT2D eigenvalue weighted by atomic mass is 9.98. The van der Waals surface area contributed by atoms with Gasteiger partial charge in [-0.25, -0.2) is 4.39 Å². The first-order valence-electron chi connectivity index (χ1n) is 6.60. The fraction of sp³-hybridized carbons (Fsp3) is 0.200. The molecule has 3 rings (SSSR count). The Hall–Kier alpha value is -2.12. The van der Waals surface area contributed by atoms with E-state index in [-0.39, 0.29) is 11.5 Å². The Morgan fingerprint density at radius 2 is 2.05 bits per heavy atom. The Labute approximate surface area is 127 Å². The quantitative estimate of drug-likeness (QED) is 0.923. The molecule has 0 saturated heterocycles. The molecule has 0 saturated carbocycles. The zero-order valence-corrected chi connectivity index (χ0v) is 12.8. The van der Waals surface area contributed by atoms with E-state index in [0.717, 1.165) is 0 Å². The largest absolute Gasteiger partial charge is 0.494 e. The predicted molar refractivity (Wildman–Crippen MR) is 79.5 cm³/mol. The monoisotopic (exact) mass is 323 g/mol. The summed E-state index contributed by atoms with van der Waals surface area (Å²) < 4.78 is 49.7. The number of rotatable bonds is 2. The van der Waals surface area contributed by atoms with Crippen LogP contribution in [-0.4, -0.2) is 15.5 Å². The molecular weight excluding hydrogens is 309 g/mol. The van der Waals surface area contributed by atoms with E-state index in [9.17, 15) is 12.8 Å². The van der Waals surface area contributed by atoms with Crippen molar-refractivity contribution in [2.75, 3.05) is 7.11 Å². The van der Waals surface area contributed by atoms with Crippen LogP contribution in [-0.2, 0) is 10.3 Å². The number of fused-ring (bicyclic) bond motifs is 1. The minimum atomic E-state index is -3.87. The Morgan fingerprint density at radius 1 is 1.27 bits per heavy atom. The Kier molecular flexibility index (Phi) is 3.54. The lowest BCUT2D eigenvalue weighted by Crippen LogP contribution is -2.35. The summed E-state index contributed by atoms with van der Waals surface area (Å²) >= 11 is 0. The molecule has 1 heterocycles. The van der Waals surface area contributed by atoms with Crippen molar-refractivity contribution in [2.24, 2.45) is 0 Å². The average Bonchev–Trinajstić information content (AvgIpc) is 2.45. The third-order valence-electron chi connectivity index (χ3n) is 3.49. The van der Waals surface area contributed by atoms with Crippen molar-refractivity contribution in [3.63, 3.8) is 0 Å². The summed E-state index contributed by atoms with van der Waals surface area (Å²) in [5.74, 6) is -0.183. The lowest BCUT2D eigenvalue weighted by Gasteiger charge is -2.25. The fourth-order valence-electron chi connectivity index (χ4n) is 2.46. The molecule has 22 heavy (non-hydrogen) atoms. The molecule has 0 amide bonds. The van der Waals surface area contributed by atoms with Gasteiger partial charge in [0.2, 0.25) is 0 Å². The molecule has 1 unspecified atom stereocenters. The zero-order chi connectivity index (χ0) is 15.9. The molecular formula is C15H14FNO4S. The van der Waals surface area contributed by atoms with E-state index in [4.69, 9.17) is 8.92 Å². The van der Waals surface area contributed by atoms with E-state index < -0.39 is 22.2 Å². The second-order valence-electron chi connectivity index (χ2n) is 4.95. The van der Waals surface area contributed by atoms with Gasteiger partial charge in [-0.2, -0.15) is 13.1 Å². The van der Waals surface area contributed by atoms with E-state index in [0.29, 0.717) is 16.7 Å². The van der Waals surface area contributed by atoms with Gasteiger partial charge in [0.1, 0.15) is 0 Å². The summed E-state index contributed by atoms with van der Waals surface area (Å²) in [6.07, 6.45) is 0. The van der Waals surface area contributed by atoms with Gasteiger partial charge in [-0.05, 0) is 24.6 Å². The van der Waals surface area contributed by atoms with Crippen LogP contribution in [0.5, 0.6) is 11.5 Å². The van der Waals surface area contributed by atoms with Crippen molar-refractivity contribution < 1.29 is 21.7 Å². The molecule has 0 aliphatic carbocycles. The van der Waals surface area contributed by atoms with Crippen molar-refractivity contribution in [2.45, 2.75) is 13.0 Å². The summed E-state index contributed by atoms with van der Waals surface area (Å²) in [4.78, 5) is 0. The molecule has 2 aromatic rings. The number of benzene rings is 2. The molecule has 7 heteroatoms. The number of hydrogen-bond donors (Lipinski definition) is 1. The molecule has 116 valence electrons. The summed E-state index contributed by atoms with van der Waals surface area (Å²) in [5, 5.41) is 0. The van der Waals surface area contributed by atoms with Crippen LogP contribution in [0.15, 0.2) is 36.4 Å². The number of para-hydroxylation sites is 1. The first-order chi connectivity index (χ1) is 10.4. The molecule has 1 aliphatic rings. The lowest BCUT2D eigenvalue weighted by molar-refractivity contribution is 0.386. The van der Waals surface area contributed by atoms with Crippen LogP contribution in [0.2, 0.25) is 0 Å². The van der Waals surface area contributed by atoms with Crippen molar-refractivity contribution in [3.05, 3.63) is 47.8 Å². The SMILES string of the molecule is COc1ccc(-c2cccc3c2OS(=O)(=O)NC3C)cc1F. The average molecular weight is 323 g/mol. The number of hydrogen-bond acceptors (Lipinski definition) is 4. The van der Waals surface area contributed by atoms with Gasteiger partial charge in [0, 0.05) is 11.1 Å². The van der Waals surface area contributed by atoms with E-state index in [1.807, 2.05) is 0 Å². The molecule has 1 atom stereocenters. The smallest absolute Gasteiger partial charge is 0.383 e. The number of nitrogens with one attached hydrogen (secondary N) is 1. The first kappa shape index (κ1) is 14.8. The van der Waals surface area contributed by atoms with Gasteiger partial charge in [0.25, 0.3) is 0 Å². The third kappa shape index (κ3) is 2.53. The van der Waals surface area contributed by atoms with Crippen LogP contribution in [0.1, 0.15) is 18.5 Å². The standard InChI is InChI=1S/C15H14FNO4S/c1-9-11-4-3-5-12(15(11)21-22(18,19)17-9)10-6-7-14(20-2)13(16)8-10/h3-9,17H,1-2H3. The van der Waals surface area contributed by atoms with Crippen LogP contribution < -0.4 is 13.6 Å². The number of halogens is 1. The van der Waals surface area contributed by atoms with Crippen molar-refractivity contribution in [1.29, 1.82) is 0 Å². The third-order valence-corrected chi connectivity index (χ3v) is 4.52. The highest BCUT2D eigenvalue weighted by molar-refractivity contribution is 7.85. The van der Waals surface area contributed by atoms with Crippen LogP contribution in [0, 0.1) is 5.82 Å². The molecule has 1 aliphatic heterocycles. The maximum atomic E-state index is 13.9. The van der Waals surface area contributed by atoms with Crippen LogP contribution >= 0.6 is 0 Å². The Bertz CT molecular complexity index is 835. The highest BCUT2D eigenvalue weighted by Gasteiger charge is 2.29. The maximum absolute atomic E-state index is 13.9.